The Hall–Kier alpha value is -0.140. The SMILES string of the molecule is CC1(C)CNCCN1C(=O)c1cc(Br)ccc1I. The molecular formula is C13H16BrIN2O. The zero-order chi connectivity index (χ0) is 13.3. The van der Waals surface area contributed by atoms with E-state index in [1.807, 2.05) is 23.1 Å². The van der Waals surface area contributed by atoms with Crippen LogP contribution in [-0.2, 0) is 0 Å². The number of carbonyl (C=O) groups is 1. The minimum atomic E-state index is -0.138. The number of hydrogen-bond acceptors (Lipinski definition) is 2. The molecule has 1 aromatic carbocycles. The van der Waals surface area contributed by atoms with Gasteiger partial charge in [0.2, 0.25) is 0 Å². The van der Waals surface area contributed by atoms with Crippen molar-refractivity contribution in [2.24, 2.45) is 0 Å². The van der Waals surface area contributed by atoms with Gasteiger partial charge in [0.05, 0.1) is 11.1 Å². The van der Waals surface area contributed by atoms with Crippen LogP contribution in [0.2, 0.25) is 0 Å². The largest absolute Gasteiger partial charge is 0.331 e. The average molecular weight is 423 g/mol. The van der Waals surface area contributed by atoms with Gasteiger partial charge < -0.3 is 10.2 Å². The lowest BCUT2D eigenvalue weighted by Crippen LogP contribution is -2.59. The van der Waals surface area contributed by atoms with Gasteiger partial charge in [-0.2, -0.15) is 0 Å². The number of carbonyl (C=O) groups excluding carboxylic acids is 1. The van der Waals surface area contributed by atoms with E-state index in [0.29, 0.717) is 0 Å². The zero-order valence-corrected chi connectivity index (χ0v) is 14.2. The molecule has 1 aromatic rings. The summed E-state index contributed by atoms with van der Waals surface area (Å²) >= 11 is 5.65. The van der Waals surface area contributed by atoms with Crippen LogP contribution in [0.4, 0.5) is 0 Å². The first-order chi connectivity index (χ1) is 8.42. The van der Waals surface area contributed by atoms with Crippen molar-refractivity contribution in [3.8, 4) is 0 Å². The Balaban J connectivity index is 2.33. The van der Waals surface area contributed by atoms with Gasteiger partial charge in [-0.3, -0.25) is 4.79 Å². The average Bonchev–Trinajstić information content (AvgIpc) is 2.31. The molecular weight excluding hydrogens is 407 g/mol. The Morgan fingerprint density at radius 3 is 2.89 bits per heavy atom. The van der Waals surface area contributed by atoms with Gasteiger partial charge in [0.15, 0.2) is 0 Å². The molecule has 0 radical (unpaired) electrons. The van der Waals surface area contributed by atoms with E-state index in [1.165, 1.54) is 0 Å². The first kappa shape index (κ1) is 14.3. The number of hydrogen-bond donors (Lipinski definition) is 1. The van der Waals surface area contributed by atoms with Gasteiger partial charge in [-0.25, -0.2) is 0 Å². The lowest BCUT2D eigenvalue weighted by molar-refractivity contribution is 0.0476. The number of nitrogens with zero attached hydrogens (tertiary/aromatic N) is 1. The summed E-state index contributed by atoms with van der Waals surface area (Å²) in [4.78, 5) is 14.6. The van der Waals surface area contributed by atoms with Gasteiger partial charge >= 0.3 is 0 Å². The standard InChI is InChI=1S/C13H16BrIN2O/c1-13(2)8-16-5-6-17(13)12(18)10-7-9(14)3-4-11(10)15/h3-4,7,16H,5-6,8H2,1-2H3. The molecule has 3 nitrogen and oxygen atoms in total. The highest BCUT2D eigenvalue weighted by molar-refractivity contribution is 14.1. The van der Waals surface area contributed by atoms with E-state index in [-0.39, 0.29) is 11.4 Å². The fourth-order valence-electron chi connectivity index (χ4n) is 2.17. The highest BCUT2D eigenvalue weighted by atomic mass is 127. The van der Waals surface area contributed by atoms with E-state index >= 15 is 0 Å². The van der Waals surface area contributed by atoms with Gasteiger partial charge in [-0.05, 0) is 54.6 Å². The maximum absolute atomic E-state index is 12.7. The van der Waals surface area contributed by atoms with Gasteiger partial charge in [-0.1, -0.05) is 15.9 Å². The van der Waals surface area contributed by atoms with Crippen LogP contribution in [-0.4, -0.2) is 36.0 Å². The van der Waals surface area contributed by atoms with Crippen LogP contribution in [0.3, 0.4) is 0 Å². The van der Waals surface area contributed by atoms with Crippen LogP contribution in [0.5, 0.6) is 0 Å². The summed E-state index contributed by atoms with van der Waals surface area (Å²) in [5, 5.41) is 3.33. The molecule has 1 aliphatic heterocycles. The normalized spacial score (nSPS) is 18.8. The Morgan fingerprint density at radius 1 is 1.50 bits per heavy atom. The van der Waals surface area contributed by atoms with Crippen molar-refractivity contribution >= 4 is 44.4 Å². The fraction of sp³-hybridized carbons (Fsp3) is 0.462. The highest BCUT2D eigenvalue weighted by Gasteiger charge is 2.34. The van der Waals surface area contributed by atoms with Crippen molar-refractivity contribution in [3.05, 3.63) is 31.8 Å². The molecule has 0 atom stereocenters. The zero-order valence-electron chi connectivity index (χ0n) is 10.5. The first-order valence-corrected chi connectivity index (χ1v) is 7.77. The minimum Gasteiger partial charge on any atom is -0.331 e. The smallest absolute Gasteiger partial charge is 0.255 e. The van der Waals surface area contributed by atoms with Crippen LogP contribution in [0.25, 0.3) is 0 Å². The lowest BCUT2D eigenvalue weighted by Gasteiger charge is -2.43. The predicted molar refractivity (Wildman–Crippen MR) is 84.8 cm³/mol. The maximum atomic E-state index is 12.7. The van der Waals surface area contributed by atoms with Crippen molar-refractivity contribution < 1.29 is 4.79 Å². The Morgan fingerprint density at radius 2 is 2.22 bits per heavy atom. The number of piperazine rings is 1. The first-order valence-electron chi connectivity index (χ1n) is 5.89. The summed E-state index contributed by atoms with van der Waals surface area (Å²) in [7, 11) is 0. The third-order valence-electron chi connectivity index (χ3n) is 3.20. The number of amides is 1. The Bertz CT molecular complexity index is 476. The summed E-state index contributed by atoms with van der Waals surface area (Å²) in [5.41, 5.74) is 0.640. The second kappa shape index (κ2) is 5.46. The highest BCUT2D eigenvalue weighted by Crippen LogP contribution is 2.24. The maximum Gasteiger partial charge on any atom is 0.255 e. The van der Waals surface area contributed by atoms with Gasteiger partial charge in [0, 0.05) is 27.7 Å². The summed E-state index contributed by atoms with van der Waals surface area (Å²) in [6, 6.07) is 5.83. The summed E-state index contributed by atoms with van der Waals surface area (Å²) in [6.07, 6.45) is 0. The van der Waals surface area contributed by atoms with Crippen molar-refractivity contribution in [2.45, 2.75) is 19.4 Å². The number of rotatable bonds is 1. The van der Waals surface area contributed by atoms with Gasteiger partial charge in [0.25, 0.3) is 5.91 Å². The Kier molecular flexibility index (Phi) is 4.33. The molecule has 1 saturated heterocycles. The fourth-order valence-corrected chi connectivity index (χ4v) is 3.09. The third kappa shape index (κ3) is 2.88. The predicted octanol–water partition coefficient (Wildman–Crippen LogP) is 2.88. The molecule has 1 amide bonds. The number of benzene rings is 1. The second-order valence-electron chi connectivity index (χ2n) is 5.07. The van der Waals surface area contributed by atoms with E-state index in [9.17, 15) is 4.79 Å². The van der Waals surface area contributed by atoms with Crippen molar-refractivity contribution in [2.75, 3.05) is 19.6 Å². The molecule has 0 bridgehead atoms. The van der Waals surface area contributed by atoms with E-state index in [0.717, 1.165) is 33.2 Å². The molecule has 1 fully saturated rings. The molecule has 0 spiro atoms. The number of nitrogens with one attached hydrogen (secondary N) is 1. The molecule has 5 heteroatoms. The molecule has 1 heterocycles. The van der Waals surface area contributed by atoms with Crippen LogP contribution >= 0.6 is 38.5 Å². The van der Waals surface area contributed by atoms with E-state index in [1.54, 1.807) is 0 Å². The summed E-state index contributed by atoms with van der Waals surface area (Å²) < 4.78 is 1.94. The van der Waals surface area contributed by atoms with E-state index in [2.05, 4.69) is 57.7 Å². The van der Waals surface area contributed by atoms with Crippen molar-refractivity contribution in [1.82, 2.24) is 10.2 Å². The summed E-state index contributed by atoms with van der Waals surface area (Å²) in [6.45, 7) is 6.65. The van der Waals surface area contributed by atoms with Crippen LogP contribution in [0.15, 0.2) is 22.7 Å². The van der Waals surface area contributed by atoms with E-state index in [4.69, 9.17) is 0 Å². The van der Waals surface area contributed by atoms with Crippen molar-refractivity contribution in [3.63, 3.8) is 0 Å². The molecule has 0 aliphatic carbocycles. The molecule has 98 valence electrons. The molecule has 0 saturated carbocycles. The Labute approximate surface area is 130 Å². The molecule has 0 aromatic heterocycles. The molecule has 1 aliphatic rings. The quantitative estimate of drug-likeness (QED) is 0.706. The molecule has 0 unspecified atom stereocenters. The summed E-state index contributed by atoms with van der Waals surface area (Å²) in [5.74, 6) is 0.118. The van der Waals surface area contributed by atoms with Crippen LogP contribution < -0.4 is 5.32 Å². The van der Waals surface area contributed by atoms with Crippen LogP contribution in [0.1, 0.15) is 24.2 Å². The minimum absolute atomic E-state index is 0.118. The third-order valence-corrected chi connectivity index (χ3v) is 4.64. The van der Waals surface area contributed by atoms with Crippen LogP contribution in [0, 0.1) is 3.57 Å². The molecule has 2 rings (SSSR count). The molecule has 18 heavy (non-hydrogen) atoms. The monoisotopic (exact) mass is 422 g/mol. The molecule has 1 N–H and O–H groups in total. The topological polar surface area (TPSA) is 32.3 Å². The van der Waals surface area contributed by atoms with Gasteiger partial charge in [0.1, 0.15) is 0 Å². The van der Waals surface area contributed by atoms with Crippen molar-refractivity contribution in [1.29, 1.82) is 0 Å². The second-order valence-corrected chi connectivity index (χ2v) is 7.15. The van der Waals surface area contributed by atoms with E-state index < -0.39 is 0 Å². The van der Waals surface area contributed by atoms with Gasteiger partial charge in [-0.15, -0.1) is 0 Å². The lowest BCUT2D eigenvalue weighted by atomic mass is 9.99. The number of halogens is 2.